The SMILES string of the molecule is CCOC(=O)Cc1csc(NC(=O)c2ccn(COc3ccc(OC)cc3)n2)n1. The molecule has 1 N–H and O–H groups in total. The van der Waals surface area contributed by atoms with Crippen LogP contribution < -0.4 is 14.8 Å². The standard InChI is InChI=1S/C19H20N4O5S/c1-3-27-17(24)10-13-11-29-19(20-13)21-18(25)16-8-9-23(22-16)12-28-15-6-4-14(26-2)5-7-15/h4-9,11H,3,10,12H2,1-2H3,(H,20,21,25). The van der Waals surface area contributed by atoms with Crippen molar-refractivity contribution in [3.05, 3.63) is 53.3 Å². The summed E-state index contributed by atoms with van der Waals surface area (Å²) in [6.07, 6.45) is 1.71. The van der Waals surface area contributed by atoms with Gasteiger partial charge in [0, 0.05) is 11.6 Å². The van der Waals surface area contributed by atoms with Gasteiger partial charge in [-0.2, -0.15) is 5.10 Å². The molecule has 0 unspecified atom stereocenters. The average Bonchev–Trinajstić information content (AvgIpc) is 3.36. The number of nitrogens with one attached hydrogen (secondary N) is 1. The molecule has 2 aromatic heterocycles. The second-order valence-corrected chi connectivity index (χ2v) is 6.63. The summed E-state index contributed by atoms with van der Waals surface area (Å²) in [5.41, 5.74) is 0.771. The third-order valence-corrected chi connectivity index (χ3v) is 4.51. The van der Waals surface area contributed by atoms with Crippen LogP contribution in [0.5, 0.6) is 11.5 Å². The van der Waals surface area contributed by atoms with Crippen LogP contribution in [-0.2, 0) is 22.7 Å². The first-order chi connectivity index (χ1) is 14.1. The van der Waals surface area contributed by atoms with E-state index in [1.54, 1.807) is 55.9 Å². The number of hydrogen-bond donors (Lipinski definition) is 1. The first-order valence-electron chi connectivity index (χ1n) is 8.79. The van der Waals surface area contributed by atoms with Crippen molar-refractivity contribution in [2.45, 2.75) is 20.1 Å². The number of thiazole rings is 1. The van der Waals surface area contributed by atoms with Crippen molar-refractivity contribution in [3.8, 4) is 11.5 Å². The topological polar surface area (TPSA) is 105 Å². The highest BCUT2D eigenvalue weighted by atomic mass is 32.1. The van der Waals surface area contributed by atoms with E-state index < -0.39 is 5.91 Å². The van der Waals surface area contributed by atoms with Gasteiger partial charge in [0.2, 0.25) is 0 Å². The summed E-state index contributed by atoms with van der Waals surface area (Å²) in [7, 11) is 1.60. The summed E-state index contributed by atoms with van der Waals surface area (Å²) in [5, 5.41) is 8.95. The number of carbonyl (C=O) groups excluding carboxylic acids is 2. The van der Waals surface area contributed by atoms with Crippen LogP contribution in [0.4, 0.5) is 5.13 Å². The van der Waals surface area contributed by atoms with Gasteiger partial charge in [-0.05, 0) is 37.3 Å². The summed E-state index contributed by atoms with van der Waals surface area (Å²) < 4.78 is 17.1. The molecule has 2 heterocycles. The predicted octanol–water partition coefficient (Wildman–Crippen LogP) is 2.74. The Bertz CT molecular complexity index is 967. The van der Waals surface area contributed by atoms with Crippen LogP contribution in [0.1, 0.15) is 23.1 Å². The Hall–Kier alpha value is -3.40. The number of aromatic nitrogens is 3. The molecule has 1 aromatic carbocycles. The minimum Gasteiger partial charge on any atom is -0.497 e. The molecule has 152 valence electrons. The molecular weight excluding hydrogens is 396 g/mol. The zero-order chi connectivity index (χ0) is 20.6. The number of nitrogens with zero attached hydrogens (tertiary/aromatic N) is 3. The fourth-order valence-electron chi connectivity index (χ4n) is 2.33. The lowest BCUT2D eigenvalue weighted by Crippen LogP contribution is -2.14. The van der Waals surface area contributed by atoms with E-state index in [0.717, 1.165) is 5.75 Å². The maximum Gasteiger partial charge on any atom is 0.311 e. The highest BCUT2D eigenvalue weighted by Crippen LogP contribution is 2.18. The van der Waals surface area contributed by atoms with Crippen molar-refractivity contribution in [2.24, 2.45) is 0 Å². The number of ether oxygens (including phenoxy) is 3. The molecule has 0 atom stereocenters. The maximum atomic E-state index is 12.3. The van der Waals surface area contributed by atoms with E-state index in [1.165, 1.54) is 16.0 Å². The quantitative estimate of drug-likeness (QED) is 0.535. The fraction of sp³-hybridized carbons (Fsp3) is 0.263. The van der Waals surface area contributed by atoms with Gasteiger partial charge in [0.1, 0.15) is 11.5 Å². The second kappa shape index (κ2) is 9.69. The number of benzene rings is 1. The zero-order valence-electron chi connectivity index (χ0n) is 16.0. The van der Waals surface area contributed by atoms with E-state index in [-0.39, 0.29) is 24.8 Å². The van der Waals surface area contributed by atoms with Crippen molar-refractivity contribution in [1.82, 2.24) is 14.8 Å². The molecule has 0 spiro atoms. The molecule has 10 heteroatoms. The summed E-state index contributed by atoms with van der Waals surface area (Å²) in [6.45, 7) is 2.21. The molecule has 0 saturated carbocycles. The van der Waals surface area contributed by atoms with Gasteiger partial charge in [-0.1, -0.05) is 0 Å². The van der Waals surface area contributed by atoms with Crippen LogP contribution >= 0.6 is 11.3 Å². The van der Waals surface area contributed by atoms with E-state index >= 15 is 0 Å². The van der Waals surface area contributed by atoms with Crippen molar-refractivity contribution >= 4 is 28.3 Å². The molecule has 0 bridgehead atoms. The third-order valence-electron chi connectivity index (χ3n) is 3.70. The number of methoxy groups -OCH3 is 1. The van der Waals surface area contributed by atoms with E-state index in [2.05, 4.69) is 15.4 Å². The Labute approximate surface area is 171 Å². The van der Waals surface area contributed by atoms with Crippen LogP contribution in [0.25, 0.3) is 0 Å². The Balaban J connectivity index is 1.52. The molecule has 0 aliphatic rings. The molecule has 29 heavy (non-hydrogen) atoms. The lowest BCUT2D eigenvalue weighted by molar-refractivity contribution is -0.142. The number of anilines is 1. The van der Waals surface area contributed by atoms with Crippen LogP contribution in [0, 0.1) is 0 Å². The number of amides is 1. The second-order valence-electron chi connectivity index (χ2n) is 5.77. The number of carbonyl (C=O) groups is 2. The monoisotopic (exact) mass is 416 g/mol. The van der Waals surface area contributed by atoms with Crippen molar-refractivity contribution < 1.29 is 23.8 Å². The average molecular weight is 416 g/mol. The third kappa shape index (κ3) is 5.79. The van der Waals surface area contributed by atoms with Gasteiger partial charge < -0.3 is 14.2 Å². The number of rotatable bonds is 9. The van der Waals surface area contributed by atoms with Gasteiger partial charge in [0.25, 0.3) is 5.91 Å². The van der Waals surface area contributed by atoms with Gasteiger partial charge in [-0.15, -0.1) is 11.3 Å². The Morgan fingerprint density at radius 1 is 1.17 bits per heavy atom. The zero-order valence-corrected chi connectivity index (χ0v) is 16.8. The summed E-state index contributed by atoms with van der Waals surface area (Å²) in [6, 6.07) is 8.74. The minimum atomic E-state index is -0.398. The number of esters is 1. The maximum absolute atomic E-state index is 12.3. The van der Waals surface area contributed by atoms with Crippen molar-refractivity contribution in [2.75, 3.05) is 19.0 Å². The fourth-order valence-corrected chi connectivity index (χ4v) is 3.04. The van der Waals surface area contributed by atoms with E-state index in [1.807, 2.05) is 0 Å². The molecule has 0 aliphatic carbocycles. The first-order valence-corrected chi connectivity index (χ1v) is 9.67. The van der Waals surface area contributed by atoms with Crippen LogP contribution in [0.3, 0.4) is 0 Å². The highest BCUT2D eigenvalue weighted by Gasteiger charge is 2.14. The van der Waals surface area contributed by atoms with Crippen LogP contribution in [0.2, 0.25) is 0 Å². The Morgan fingerprint density at radius 2 is 1.93 bits per heavy atom. The summed E-state index contributed by atoms with van der Waals surface area (Å²) in [4.78, 5) is 28.0. The molecule has 0 fully saturated rings. The van der Waals surface area contributed by atoms with Gasteiger partial charge >= 0.3 is 5.97 Å². The minimum absolute atomic E-state index is 0.0670. The highest BCUT2D eigenvalue weighted by molar-refractivity contribution is 7.14. The van der Waals surface area contributed by atoms with E-state index in [0.29, 0.717) is 23.2 Å². The van der Waals surface area contributed by atoms with Crippen molar-refractivity contribution in [3.63, 3.8) is 0 Å². The van der Waals surface area contributed by atoms with Crippen LogP contribution in [0.15, 0.2) is 41.9 Å². The van der Waals surface area contributed by atoms with Gasteiger partial charge in [0.15, 0.2) is 17.6 Å². The lowest BCUT2D eigenvalue weighted by Gasteiger charge is -2.07. The Morgan fingerprint density at radius 3 is 2.66 bits per heavy atom. The first kappa shape index (κ1) is 20.3. The van der Waals surface area contributed by atoms with Crippen molar-refractivity contribution in [1.29, 1.82) is 0 Å². The van der Waals surface area contributed by atoms with E-state index in [9.17, 15) is 9.59 Å². The molecule has 1 amide bonds. The predicted molar refractivity (Wildman–Crippen MR) is 106 cm³/mol. The summed E-state index contributed by atoms with van der Waals surface area (Å²) in [5.74, 6) is 0.642. The van der Waals surface area contributed by atoms with Gasteiger partial charge in [-0.25, -0.2) is 9.67 Å². The summed E-state index contributed by atoms with van der Waals surface area (Å²) >= 11 is 1.23. The molecule has 0 radical (unpaired) electrons. The number of hydrogen-bond acceptors (Lipinski definition) is 8. The lowest BCUT2D eigenvalue weighted by atomic mass is 10.3. The Kier molecular flexibility index (Phi) is 6.80. The molecule has 9 nitrogen and oxygen atoms in total. The molecule has 3 aromatic rings. The molecule has 0 aliphatic heterocycles. The van der Waals surface area contributed by atoms with Gasteiger partial charge in [0.05, 0.1) is 25.8 Å². The smallest absolute Gasteiger partial charge is 0.311 e. The largest absolute Gasteiger partial charge is 0.497 e. The van der Waals surface area contributed by atoms with E-state index in [4.69, 9.17) is 14.2 Å². The van der Waals surface area contributed by atoms with Crippen LogP contribution in [-0.4, -0.2) is 40.4 Å². The molecule has 3 rings (SSSR count). The van der Waals surface area contributed by atoms with Gasteiger partial charge in [-0.3, -0.25) is 14.9 Å². The normalized spacial score (nSPS) is 10.4. The molecule has 0 saturated heterocycles. The molecular formula is C19H20N4O5S.